The summed E-state index contributed by atoms with van der Waals surface area (Å²) in [5, 5.41) is 2.92. The molecular formula is C14H16BrF2NO2. The lowest BCUT2D eigenvalue weighted by Gasteiger charge is -2.14. The van der Waals surface area contributed by atoms with E-state index in [2.05, 4.69) is 27.3 Å². The van der Waals surface area contributed by atoms with Crippen LogP contribution in [0.2, 0.25) is 0 Å². The molecule has 0 spiro atoms. The molecule has 6 heteroatoms. The second-order valence-corrected chi connectivity index (χ2v) is 5.63. The number of hydrogen-bond donors (Lipinski definition) is 1. The highest BCUT2D eigenvalue weighted by Crippen LogP contribution is 2.32. The van der Waals surface area contributed by atoms with Crippen LogP contribution in [0.4, 0.5) is 8.78 Å². The molecule has 2 rings (SSSR count). The minimum absolute atomic E-state index is 0.0145. The first-order valence-corrected chi connectivity index (χ1v) is 7.29. The van der Waals surface area contributed by atoms with Gasteiger partial charge in [-0.15, -0.1) is 0 Å². The first kappa shape index (κ1) is 15.4. The Kier molecular flexibility index (Phi) is 5.48. The molecule has 1 aliphatic rings. The maximum atomic E-state index is 11.9. The fourth-order valence-corrected chi connectivity index (χ4v) is 2.75. The van der Waals surface area contributed by atoms with Crippen LogP contribution in [0.3, 0.4) is 0 Å². The Labute approximate surface area is 124 Å². The summed E-state index contributed by atoms with van der Waals surface area (Å²) in [6.45, 7) is -0.594. The van der Waals surface area contributed by atoms with E-state index in [-0.39, 0.29) is 25.0 Å². The van der Waals surface area contributed by atoms with Crippen LogP contribution < -0.4 is 5.32 Å². The Balaban J connectivity index is 1.79. The highest BCUT2D eigenvalue weighted by molar-refractivity contribution is 9.10. The van der Waals surface area contributed by atoms with E-state index in [9.17, 15) is 13.6 Å². The summed E-state index contributed by atoms with van der Waals surface area (Å²) in [5.41, 5.74) is 2.37. The lowest BCUT2D eigenvalue weighted by molar-refractivity contribution is -0.123. The molecular weight excluding hydrogens is 332 g/mol. The summed E-state index contributed by atoms with van der Waals surface area (Å²) in [7, 11) is 0. The Bertz CT molecular complexity index is 482. The van der Waals surface area contributed by atoms with Crippen LogP contribution in [-0.4, -0.2) is 25.5 Å². The van der Waals surface area contributed by atoms with Gasteiger partial charge in [-0.3, -0.25) is 4.79 Å². The molecule has 1 aromatic rings. The molecule has 1 unspecified atom stereocenters. The minimum Gasteiger partial charge on any atom is -0.375 e. The number of hydrogen-bond acceptors (Lipinski definition) is 2. The largest absolute Gasteiger partial charge is 0.375 e. The van der Waals surface area contributed by atoms with Crippen LogP contribution in [0, 0.1) is 0 Å². The quantitative estimate of drug-likeness (QED) is 0.802. The SMILES string of the molecule is O=C(CCOCC(F)F)NC1CCc2cc(Br)ccc21. The molecule has 20 heavy (non-hydrogen) atoms. The first-order valence-electron chi connectivity index (χ1n) is 6.50. The molecule has 110 valence electrons. The van der Waals surface area contributed by atoms with Gasteiger partial charge in [-0.1, -0.05) is 22.0 Å². The van der Waals surface area contributed by atoms with Gasteiger partial charge in [-0.05, 0) is 36.1 Å². The van der Waals surface area contributed by atoms with Gasteiger partial charge in [-0.2, -0.15) is 0 Å². The molecule has 1 atom stereocenters. The van der Waals surface area contributed by atoms with E-state index >= 15 is 0 Å². The molecule has 0 saturated heterocycles. The monoisotopic (exact) mass is 347 g/mol. The van der Waals surface area contributed by atoms with Crippen molar-refractivity contribution in [3.63, 3.8) is 0 Å². The van der Waals surface area contributed by atoms with Crippen molar-refractivity contribution < 1.29 is 18.3 Å². The molecule has 0 heterocycles. The third-order valence-electron chi connectivity index (χ3n) is 3.24. The van der Waals surface area contributed by atoms with E-state index in [1.807, 2.05) is 12.1 Å². The van der Waals surface area contributed by atoms with Crippen molar-refractivity contribution in [3.8, 4) is 0 Å². The van der Waals surface area contributed by atoms with E-state index in [0.717, 1.165) is 22.9 Å². The number of alkyl halides is 2. The fourth-order valence-electron chi connectivity index (χ4n) is 2.34. The summed E-state index contributed by atoms with van der Waals surface area (Å²) in [5.74, 6) is -0.167. The molecule has 1 amide bonds. The number of benzene rings is 1. The van der Waals surface area contributed by atoms with E-state index in [4.69, 9.17) is 4.74 Å². The Hall–Kier alpha value is -1.01. The van der Waals surface area contributed by atoms with Gasteiger partial charge in [0.1, 0.15) is 6.61 Å². The smallest absolute Gasteiger partial charge is 0.261 e. The van der Waals surface area contributed by atoms with Gasteiger partial charge in [0, 0.05) is 10.9 Å². The third kappa shape index (κ3) is 4.24. The zero-order valence-electron chi connectivity index (χ0n) is 10.9. The number of nitrogens with one attached hydrogen (secondary N) is 1. The topological polar surface area (TPSA) is 38.3 Å². The molecule has 0 fully saturated rings. The Morgan fingerprint density at radius 2 is 2.30 bits per heavy atom. The van der Waals surface area contributed by atoms with E-state index in [0.29, 0.717) is 0 Å². The van der Waals surface area contributed by atoms with Crippen LogP contribution in [-0.2, 0) is 16.0 Å². The Morgan fingerprint density at radius 3 is 3.05 bits per heavy atom. The van der Waals surface area contributed by atoms with Crippen molar-refractivity contribution in [1.82, 2.24) is 5.32 Å². The zero-order valence-corrected chi connectivity index (χ0v) is 12.5. The standard InChI is InChI=1S/C14H16BrF2NO2/c15-10-2-3-11-9(7-10)1-4-12(11)18-14(19)5-6-20-8-13(16)17/h2-3,7,12-13H,1,4-6,8H2,(H,18,19). The molecule has 1 aromatic carbocycles. The molecule has 1 aliphatic carbocycles. The average molecular weight is 348 g/mol. The fraction of sp³-hybridized carbons (Fsp3) is 0.500. The average Bonchev–Trinajstić information content (AvgIpc) is 2.77. The number of amides is 1. The number of halogens is 3. The van der Waals surface area contributed by atoms with Crippen LogP contribution in [0.1, 0.15) is 30.0 Å². The van der Waals surface area contributed by atoms with Gasteiger partial charge < -0.3 is 10.1 Å². The third-order valence-corrected chi connectivity index (χ3v) is 3.73. The van der Waals surface area contributed by atoms with Crippen molar-refractivity contribution in [2.45, 2.75) is 31.7 Å². The van der Waals surface area contributed by atoms with Crippen LogP contribution in [0.5, 0.6) is 0 Å². The zero-order chi connectivity index (χ0) is 14.5. The molecule has 3 nitrogen and oxygen atoms in total. The van der Waals surface area contributed by atoms with Crippen molar-refractivity contribution in [3.05, 3.63) is 33.8 Å². The van der Waals surface area contributed by atoms with Crippen LogP contribution in [0.15, 0.2) is 22.7 Å². The molecule has 0 radical (unpaired) electrons. The van der Waals surface area contributed by atoms with Crippen LogP contribution >= 0.6 is 15.9 Å². The second-order valence-electron chi connectivity index (χ2n) is 4.72. The number of rotatable bonds is 6. The predicted molar refractivity (Wildman–Crippen MR) is 74.8 cm³/mol. The highest BCUT2D eigenvalue weighted by Gasteiger charge is 2.23. The van der Waals surface area contributed by atoms with Crippen molar-refractivity contribution in [2.75, 3.05) is 13.2 Å². The summed E-state index contributed by atoms with van der Waals surface area (Å²) in [4.78, 5) is 11.7. The normalized spacial score (nSPS) is 17.3. The molecule has 0 bridgehead atoms. The van der Waals surface area contributed by atoms with Gasteiger partial charge >= 0.3 is 0 Å². The van der Waals surface area contributed by atoms with Gasteiger partial charge in [0.15, 0.2) is 0 Å². The first-order chi connectivity index (χ1) is 9.56. The summed E-state index contributed by atoms with van der Waals surface area (Å²) in [6.07, 6.45) is -0.579. The lowest BCUT2D eigenvalue weighted by atomic mass is 10.1. The number of aryl methyl sites for hydroxylation is 1. The van der Waals surface area contributed by atoms with E-state index < -0.39 is 13.0 Å². The molecule has 0 aromatic heterocycles. The highest BCUT2D eigenvalue weighted by atomic mass is 79.9. The van der Waals surface area contributed by atoms with Gasteiger partial charge in [-0.25, -0.2) is 8.78 Å². The van der Waals surface area contributed by atoms with E-state index in [1.54, 1.807) is 0 Å². The summed E-state index contributed by atoms with van der Waals surface area (Å²) < 4.78 is 29.4. The maximum absolute atomic E-state index is 11.9. The predicted octanol–water partition coefficient (Wildman–Crippen LogP) is 3.22. The maximum Gasteiger partial charge on any atom is 0.261 e. The molecule has 0 aliphatic heterocycles. The summed E-state index contributed by atoms with van der Waals surface area (Å²) in [6, 6.07) is 6.04. The van der Waals surface area contributed by atoms with Crippen LogP contribution in [0.25, 0.3) is 0 Å². The number of ether oxygens (including phenoxy) is 1. The van der Waals surface area contributed by atoms with Gasteiger partial charge in [0.25, 0.3) is 6.43 Å². The molecule has 0 saturated carbocycles. The number of fused-ring (bicyclic) bond motifs is 1. The number of carbonyl (C=O) groups excluding carboxylic acids is 1. The van der Waals surface area contributed by atoms with Gasteiger partial charge in [0.2, 0.25) is 5.91 Å². The lowest BCUT2D eigenvalue weighted by Crippen LogP contribution is -2.28. The minimum atomic E-state index is -2.49. The molecule has 1 N–H and O–H groups in total. The van der Waals surface area contributed by atoms with Crippen molar-refractivity contribution in [2.24, 2.45) is 0 Å². The second kappa shape index (κ2) is 7.13. The Morgan fingerprint density at radius 1 is 1.50 bits per heavy atom. The summed E-state index contributed by atoms with van der Waals surface area (Å²) >= 11 is 3.42. The van der Waals surface area contributed by atoms with Gasteiger partial charge in [0.05, 0.1) is 12.6 Å². The number of carbonyl (C=O) groups is 1. The van der Waals surface area contributed by atoms with E-state index in [1.165, 1.54) is 5.56 Å². The van der Waals surface area contributed by atoms with Crippen molar-refractivity contribution >= 4 is 21.8 Å². The van der Waals surface area contributed by atoms with Crippen molar-refractivity contribution in [1.29, 1.82) is 0 Å².